The van der Waals surface area contributed by atoms with E-state index < -0.39 is 5.41 Å². The second-order valence-corrected chi connectivity index (χ2v) is 17.9. The summed E-state index contributed by atoms with van der Waals surface area (Å²) in [5.41, 5.74) is 20.0. The normalized spacial score (nSPS) is 13.4. The minimum Gasteiger partial charge on any atom is -0.309 e. The van der Waals surface area contributed by atoms with Crippen molar-refractivity contribution in [3.63, 3.8) is 0 Å². The molecule has 13 aromatic rings. The Hall–Kier alpha value is -8.46. The molecule has 300 valence electrons. The van der Waals surface area contributed by atoms with Crippen LogP contribution in [0, 0.1) is 0 Å². The van der Waals surface area contributed by atoms with Gasteiger partial charge in [-0.1, -0.05) is 170 Å². The lowest BCUT2D eigenvalue weighted by atomic mass is 9.70. The highest BCUT2D eigenvalue weighted by Crippen LogP contribution is 2.63. The Labute approximate surface area is 375 Å². The molecule has 2 heteroatoms. The van der Waals surface area contributed by atoms with Crippen LogP contribution in [0.3, 0.4) is 0 Å². The van der Waals surface area contributed by atoms with Gasteiger partial charge in [-0.15, -0.1) is 0 Å². The molecule has 0 radical (unpaired) electrons. The first-order valence-corrected chi connectivity index (χ1v) is 22.7. The van der Waals surface area contributed by atoms with E-state index in [1.807, 2.05) is 0 Å². The van der Waals surface area contributed by atoms with E-state index >= 15 is 0 Å². The SMILES string of the molecule is c1ccc2c(c1)-c1ccccc1C21c2ccccc2-c2ccc(-n3c4ccccc4c4c5cc6cccc(-c7ccc(-n8c9ccccc9c9ccccc98)cc7)c6cc5ccc43)cc21. The van der Waals surface area contributed by atoms with E-state index in [4.69, 9.17) is 0 Å². The first-order chi connectivity index (χ1) is 32.3. The summed E-state index contributed by atoms with van der Waals surface area (Å²) in [5, 5.41) is 10.1. The Kier molecular flexibility index (Phi) is 6.91. The molecule has 2 heterocycles. The minimum absolute atomic E-state index is 0.400. The van der Waals surface area contributed by atoms with E-state index in [1.54, 1.807) is 0 Å². The summed E-state index contributed by atoms with van der Waals surface area (Å²) in [7, 11) is 0. The minimum atomic E-state index is -0.400. The summed E-state index contributed by atoms with van der Waals surface area (Å²) in [6.07, 6.45) is 0. The molecular formula is C63H38N2. The topological polar surface area (TPSA) is 9.86 Å². The van der Waals surface area contributed by atoms with Crippen LogP contribution in [0.25, 0.3) is 110 Å². The van der Waals surface area contributed by atoms with Gasteiger partial charge >= 0.3 is 0 Å². The number of hydrogen-bond acceptors (Lipinski definition) is 0. The number of para-hydroxylation sites is 3. The van der Waals surface area contributed by atoms with Crippen molar-refractivity contribution >= 4 is 65.2 Å². The number of benzene rings is 11. The van der Waals surface area contributed by atoms with E-state index in [1.165, 1.54) is 126 Å². The van der Waals surface area contributed by atoms with E-state index in [0.29, 0.717) is 0 Å². The zero-order chi connectivity index (χ0) is 42.4. The molecule has 0 unspecified atom stereocenters. The van der Waals surface area contributed by atoms with Crippen LogP contribution in [-0.2, 0) is 5.41 Å². The first kappa shape index (κ1) is 35.1. The van der Waals surface area contributed by atoms with Crippen LogP contribution in [0.4, 0.5) is 0 Å². The van der Waals surface area contributed by atoms with Crippen LogP contribution in [0.1, 0.15) is 22.3 Å². The highest BCUT2D eigenvalue weighted by atomic mass is 15.0. The summed E-state index contributed by atoms with van der Waals surface area (Å²) in [6.45, 7) is 0. The van der Waals surface area contributed by atoms with Gasteiger partial charge in [-0.25, -0.2) is 0 Å². The zero-order valence-electron chi connectivity index (χ0n) is 35.3. The van der Waals surface area contributed by atoms with Crippen LogP contribution >= 0.6 is 0 Å². The van der Waals surface area contributed by atoms with Gasteiger partial charge in [-0.3, -0.25) is 0 Å². The molecule has 2 aliphatic carbocycles. The third kappa shape index (κ3) is 4.53. The number of fused-ring (bicyclic) bond motifs is 19. The third-order valence-corrected chi connectivity index (χ3v) is 14.9. The molecule has 65 heavy (non-hydrogen) atoms. The van der Waals surface area contributed by atoms with Crippen molar-refractivity contribution in [2.75, 3.05) is 0 Å². The van der Waals surface area contributed by atoms with Gasteiger partial charge in [0.15, 0.2) is 0 Å². The largest absolute Gasteiger partial charge is 0.309 e. The second kappa shape index (κ2) is 12.8. The van der Waals surface area contributed by atoms with Gasteiger partial charge in [-0.2, -0.15) is 0 Å². The Balaban J connectivity index is 0.904. The molecule has 0 atom stereocenters. The fourth-order valence-electron chi connectivity index (χ4n) is 12.3. The Morgan fingerprint density at radius 3 is 1.38 bits per heavy atom. The Morgan fingerprint density at radius 2 is 0.738 bits per heavy atom. The number of hydrogen-bond donors (Lipinski definition) is 0. The van der Waals surface area contributed by atoms with Crippen LogP contribution in [0.5, 0.6) is 0 Å². The first-order valence-electron chi connectivity index (χ1n) is 22.7. The fraction of sp³-hybridized carbons (Fsp3) is 0.0159. The predicted molar refractivity (Wildman–Crippen MR) is 272 cm³/mol. The van der Waals surface area contributed by atoms with Gasteiger partial charge in [0.1, 0.15) is 0 Å². The number of rotatable bonds is 3. The van der Waals surface area contributed by atoms with Crippen LogP contribution in [0.15, 0.2) is 231 Å². The maximum Gasteiger partial charge on any atom is 0.0726 e. The lowest BCUT2D eigenvalue weighted by molar-refractivity contribution is 0.792. The molecule has 2 aromatic heterocycles. The third-order valence-electron chi connectivity index (χ3n) is 14.9. The van der Waals surface area contributed by atoms with Crippen LogP contribution < -0.4 is 0 Å². The molecule has 0 saturated heterocycles. The molecule has 0 fully saturated rings. The lowest BCUT2D eigenvalue weighted by Gasteiger charge is -2.30. The van der Waals surface area contributed by atoms with E-state index in [2.05, 4.69) is 240 Å². The predicted octanol–water partition coefficient (Wildman–Crippen LogP) is 16.2. The smallest absolute Gasteiger partial charge is 0.0726 e. The maximum absolute atomic E-state index is 2.51. The van der Waals surface area contributed by atoms with Gasteiger partial charge < -0.3 is 9.13 Å². The molecule has 0 bridgehead atoms. The van der Waals surface area contributed by atoms with Crippen molar-refractivity contribution in [1.82, 2.24) is 9.13 Å². The monoisotopic (exact) mass is 822 g/mol. The number of nitrogens with zero attached hydrogens (tertiary/aromatic N) is 2. The summed E-state index contributed by atoms with van der Waals surface area (Å²) < 4.78 is 4.90. The summed E-state index contributed by atoms with van der Waals surface area (Å²) in [4.78, 5) is 0. The zero-order valence-corrected chi connectivity index (χ0v) is 35.3. The average Bonchev–Trinajstić information content (AvgIpc) is 4.08. The summed E-state index contributed by atoms with van der Waals surface area (Å²) >= 11 is 0. The molecule has 0 N–H and O–H groups in total. The maximum atomic E-state index is 2.51. The molecule has 2 aliphatic rings. The number of aromatic nitrogens is 2. The van der Waals surface area contributed by atoms with E-state index in [0.717, 1.165) is 5.69 Å². The summed E-state index contributed by atoms with van der Waals surface area (Å²) in [6, 6.07) is 86.3. The molecule has 0 aliphatic heterocycles. The van der Waals surface area contributed by atoms with Crippen molar-refractivity contribution in [1.29, 1.82) is 0 Å². The Bertz CT molecular complexity index is 4060. The van der Waals surface area contributed by atoms with Gasteiger partial charge in [0.05, 0.1) is 27.5 Å². The van der Waals surface area contributed by atoms with E-state index in [9.17, 15) is 0 Å². The second-order valence-electron chi connectivity index (χ2n) is 17.9. The molecule has 0 amide bonds. The van der Waals surface area contributed by atoms with E-state index in [-0.39, 0.29) is 0 Å². The fourth-order valence-corrected chi connectivity index (χ4v) is 12.3. The highest BCUT2D eigenvalue weighted by molar-refractivity contribution is 6.24. The quantitative estimate of drug-likeness (QED) is 0.157. The lowest BCUT2D eigenvalue weighted by Crippen LogP contribution is -2.26. The van der Waals surface area contributed by atoms with Crippen LogP contribution in [0.2, 0.25) is 0 Å². The Morgan fingerprint density at radius 1 is 0.262 bits per heavy atom. The van der Waals surface area contributed by atoms with Crippen molar-refractivity contribution in [2.45, 2.75) is 5.41 Å². The summed E-state index contributed by atoms with van der Waals surface area (Å²) in [5.74, 6) is 0. The molecule has 15 rings (SSSR count). The van der Waals surface area contributed by atoms with Crippen molar-refractivity contribution in [3.8, 4) is 44.8 Å². The van der Waals surface area contributed by atoms with Gasteiger partial charge in [0, 0.05) is 32.9 Å². The van der Waals surface area contributed by atoms with Gasteiger partial charge in [-0.05, 0) is 138 Å². The standard InChI is InChI=1S/C63H38N2/c1-7-22-54-45(15-1)46-16-2-8-23-55(46)63(54)56-24-9-3-17-47(56)48-34-33-43(38-57(48)63)65-60-27-12-6-20-51(60)62-53-37-40-14-13-21-44(52(40)36-41(53)30-35-61(62)65)39-28-31-42(32-29-39)64-58-25-10-4-18-49(58)50-19-5-11-26-59(50)64/h1-38H. The van der Waals surface area contributed by atoms with Gasteiger partial charge in [0.2, 0.25) is 0 Å². The van der Waals surface area contributed by atoms with Crippen LogP contribution in [-0.4, -0.2) is 9.13 Å². The van der Waals surface area contributed by atoms with Gasteiger partial charge in [0.25, 0.3) is 0 Å². The molecule has 1 spiro atoms. The molecule has 0 saturated carbocycles. The highest BCUT2D eigenvalue weighted by Gasteiger charge is 2.51. The average molecular weight is 823 g/mol. The van der Waals surface area contributed by atoms with Crippen molar-refractivity contribution < 1.29 is 0 Å². The van der Waals surface area contributed by atoms with Crippen molar-refractivity contribution in [3.05, 3.63) is 253 Å². The van der Waals surface area contributed by atoms with Crippen molar-refractivity contribution in [2.24, 2.45) is 0 Å². The molecular weight excluding hydrogens is 785 g/mol. The molecule has 2 nitrogen and oxygen atoms in total. The molecule has 11 aromatic carbocycles.